The Bertz CT molecular complexity index is 675. The minimum absolute atomic E-state index is 0.548. The number of nitrogens with one attached hydrogen (secondary N) is 2. The van der Waals surface area contributed by atoms with E-state index in [0.29, 0.717) is 18.0 Å². The van der Waals surface area contributed by atoms with Gasteiger partial charge in [-0.3, -0.25) is 0 Å². The van der Waals surface area contributed by atoms with Crippen molar-refractivity contribution in [2.75, 3.05) is 7.11 Å². The van der Waals surface area contributed by atoms with Crippen LogP contribution in [0, 0.1) is 11.8 Å². The second-order valence-electron chi connectivity index (χ2n) is 7.36. The standard InChI is InChI=1S/C19H26N2O/c1-11(2)21-19-13-5-4-12(8-13)18(19)16-10-20-17-7-6-14(22-3)9-15(16)17/h6-7,9-13,18-21H,4-5,8H2,1-3H3/t12-,13+,18+,19-/m0/s1. The summed E-state index contributed by atoms with van der Waals surface area (Å²) < 4.78 is 5.43. The van der Waals surface area contributed by atoms with E-state index in [2.05, 4.69) is 42.5 Å². The smallest absolute Gasteiger partial charge is 0.119 e. The van der Waals surface area contributed by atoms with E-state index in [-0.39, 0.29) is 0 Å². The van der Waals surface area contributed by atoms with Crippen LogP contribution < -0.4 is 10.1 Å². The van der Waals surface area contributed by atoms with Crippen molar-refractivity contribution < 1.29 is 4.74 Å². The van der Waals surface area contributed by atoms with Crippen molar-refractivity contribution in [2.24, 2.45) is 11.8 Å². The molecule has 1 aromatic carbocycles. The van der Waals surface area contributed by atoms with Crippen LogP contribution in [0.25, 0.3) is 10.9 Å². The number of hydrogen-bond donors (Lipinski definition) is 2. The number of H-pyrrole nitrogens is 1. The van der Waals surface area contributed by atoms with Gasteiger partial charge in [0.2, 0.25) is 0 Å². The number of aromatic amines is 1. The third kappa shape index (κ3) is 2.14. The quantitative estimate of drug-likeness (QED) is 0.893. The van der Waals surface area contributed by atoms with Gasteiger partial charge in [-0.05, 0) is 54.9 Å². The maximum Gasteiger partial charge on any atom is 0.119 e. The fraction of sp³-hybridized carbons (Fsp3) is 0.579. The molecule has 2 fully saturated rings. The second kappa shape index (κ2) is 5.31. The molecule has 3 nitrogen and oxygen atoms in total. The summed E-state index contributed by atoms with van der Waals surface area (Å²) in [6, 6.07) is 7.54. The number of aromatic nitrogens is 1. The normalized spacial score (nSPS) is 30.5. The summed E-state index contributed by atoms with van der Waals surface area (Å²) in [4.78, 5) is 3.47. The Kier molecular flexibility index (Phi) is 3.41. The Morgan fingerprint density at radius 1 is 1.23 bits per heavy atom. The number of rotatable bonds is 4. The lowest BCUT2D eigenvalue weighted by atomic mass is 9.79. The molecular formula is C19H26N2O. The van der Waals surface area contributed by atoms with Gasteiger partial charge in [0.1, 0.15) is 5.75 Å². The Labute approximate surface area is 132 Å². The van der Waals surface area contributed by atoms with E-state index in [4.69, 9.17) is 4.74 Å². The van der Waals surface area contributed by atoms with E-state index in [9.17, 15) is 0 Å². The predicted octanol–water partition coefficient (Wildman–Crippen LogP) is 4.06. The lowest BCUT2D eigenvalue weighted by molar-refractivity contribution is 0.295. The van der Waals surface area contributed by atoms with E-state index in [1.807, 2.05) is 6.07 Å². The van der Waals surface area contributed by atoms with E-state index in [1.165, 1.54) is 35.7 Å². The highest BCUT2D eigenvalue weighted by atomic mass is 16.5. The topological polar surface area (TPSA) is 37.0 Å². The Morgan fingerprint density at radius 2 is 2.05 bits per heavy atom. The largest absolute Gasteiger partial charge is 0.497 e. The molecule has 2 N–H and O–H groups in total. The van der Waals surface area contributed by atoms with Gasteiger partial charge in [0.25, 0.3) is 0 Å². The fourth-order valence-electron chi connectivity index (χ4n) is 4.89. The molecule has 3 heteroatoms. The van der Waals surface area contributed by atoms with Crippen molar-refractivity contribution in [1.29, 1.82) is 0 Å². The summed E-state index contributed by atoms with van der Waals surface area (Å²) in [5, 5.41) is 5.20. The molecule has 22 heavy (non-hydrogen) atoms. The highest BCUT2D eigenvalue weighted by molar-refractivity contribution is 5.85. The van der Waals surface area contributed by atoms with E-state index in [1.54, 1.807) is 7.11 Å². The van der Waals surface area contributed by atoms with Crippen molar-refractivity contribution in [3.05, 3.63) is 30.0 Å². The molecule has 0 amide bonds. The van der Waals surface area contributed by atoms with E-state index in [0.717, 1.165) is 17.6 Å². The molecule has 1 aromatic heterocycles. The molecule has 0 unspecified atom stereocenters. The van der Waals surface area contributed by atoms with Crippen LogP contribution in [-0.2, 0) is 0 Å². The average Bonchev–Trinajstić information content (AvgIpc) is 3.19. The molecule has 4 atom stereocenters. The number of benzene rings is 1. The van der Waals surface area contributed by atoms with Gasteiger partial charge in [0, 0.05) is 35.1 Å². The molecule has 2 bridgehead atoms. The van der Waals surface area contributed by atoms with Crippen LogP contribution in [0.2, 0.25) is 0 Å². The van der Waals surface area contributed by atoms with Crippen molar-refractivity contribution in [2.45, 2.75) is 51.1 Å². The fourth-order valence-corrected chi connectivity index (χ4v) is 4.89. The molecule has 0 aliphatic heterocycles. The van der Waals surface area contributed by atoms with Gasteiger partial charge in [-0.1, -0.05) is 13.8 Å². The first-order valence-electron chi connectivity index (χ1n) is 8.58. The van der Waals surface area contributed by atoms with Crippen LogP contribution in [0.4, 0.5) is 0 Å². The molecule has 2 aromatic rings. The zero-order valence-corrected chi connectivity index (χ0v) is 13.7. The van der Waals surface area contributed by atoms with Crippen LogP contribution in [0.15, 0.2) is 24.4 Å². The zero-order chi connectivity index (χ0) is 15.3. The van der Waals surface area contributed by atoms with Gasteiger partial charge in [-0.25, -0.2) is 0 Å². The monoisotopic (exact) mass is 298 g/mol. The zero-order valence-electron chi connectivity index (χ0n) is 13.7. The third-order valence-electron chi connectivity index (χ3n) is 5.72. The van der Waals surface area contributed by atoms with Crippen LogP contribution in [0.1, 0.15) is 44.6 Å². The SMILES string of the molecule is COc1ccc2[nH]cc([C@H]3[C@H]4CC[C@H](C4)[C@@H]3NC(C)C)c2c1. The average molecular weight is 298 g/mol. The van der Waals surface area contributed by atoms with Gasteiger partial charge in [-0.15, -0.1) is 0 Å². The van der Waals surface area contributed by atoms with Gasteiger partial charge >= 0.3 is 0 Å². The Morgan fingerprint density at radius 3 is 2.82 bits per heavy atom. The van der Waals surface area contributed by atoms with E-state index >= 15 is 0 Å². The van der Waals surface area contributed by atoms with Crippen molar-refractivity contribution in [3.8, 4) is 5.75 Å². The number of hydrogen-bond acceptors (Lipinski definition) is 2. The van der Waals surface area contributed by atoms with Crippen LogP contribution >= 0.6 is 0 Å². The van der Waals surface area contributed by atoms with Gasteiger partial charge < -0.3 is 15.0 Å². The molecule has 4 rings (SSSR count). The summed E-state index contributed by atoms with van der Waals surface area (Å²) in [6.07, 6.45) is 6.43. The highest BCUT2D eigenvalue weighted by Gasteiger charge is 2.48. The number of fused-ring (bicyclic) bond motifs is 3. The van der Waals surface area contributed by atoms with Gasteiger partial charge in [-0.2, -0.15) is 0 Å². The van der Waals surface area contributed by atoms with E-state index < -0.39 is 0 Å². The van der Waals surface area contributed by atoms with Gasteiger partial charge in [0.15, 0.2) is 0 Å². The lowest BCUT2D eigenvalue weighted by Crippen LogP contribution is -2.42. The first-order valence-corrected chi connectivity index (χ1v) is 8.58. The number of methoxy groups -OCH3 is 1. The first kappa shape index (κ1) is 14.1. The molecular weight excluding hydrogens is 272 g/mol. The second-order valence-corrected chi connectivity index (χ2v) is 7.36. The highest BCUT2D eigenvalue weighted by Crippen LogP contribution is 2.54. The minimum atomic E-state index is 0.548. The number of ether oxygens (including phenoxy) is 1. The molecule has 2 saturated carbocycles. The lowest BCUT2D eigenvalue weighted by Gasteiger charge is -2.33. The Hall–Kier alpha value is -1.48. The molecule has 2 aliphatic rings. The summed E-state index contributed by atoms with van der Waals surface area (Å²) in [5.74, 6) is 3.28. The third-order valence-corrected chi connectivity index (χ3v) is 5.72. The van der Waals surface area contributed by atoms with Crippen LogP contribution in [0.3, 0.4) is 0 Å². The molecule has 0 saturated heterocycles. The molecule has 118 valence electrons. The first-order chi connectivity index (χ1) is 10.7. The molecule has 0 spiro atoms. The maximum absolute atomic E-state index is 5.43. The summed E-state index contributed by atoms with van der Waals surface area (Å²) in [5.41, 5.74) is 2.71. The summed E-state index contributed by atoms with van der Waals surface area (Å²) in [6.45, 7) is 4.53. The van der Waals surface area contributed by atoms with Crippen LogP contribution in [-0.4, -0.2) is 24.2 Å². The van der Waals surface area contributed by atoms with Crippen molar-refractivity contribution >= 4 is 10.9 Å². The Balaban J connectivity index is 1.76. The molecule has 2 aliphatic carbocycles. The summed E-state index contributed by atoms with van der Waals surface area (Å²) in [7, 11) is 1.74. The summed E-state index contributed by atoms with van der Waals surface area (Å²) >= 11 is 0. The van der Waals surface area contributed by atoms with Crippen molar-refractivity contribution in [1.82, 2.24) is 10.3 Å². The molecule has 0 radical (unpaired) electrons. The molecule has 1 heterocycles. The van der Waals surface area contributed by atoms with Gasteiger partial charge in [0.05, 0.1) is 7.11 Å². The predicted molar refractivity (Wildman–Crippen MR) is 90.5 cm³/mol. The van der Waals surface area contributed by atoms with Crippen molar-refractivity contribution in [3.63, 3.8) is 0 Å². The maximum atomic E-state index is 5.43. The minimum Gasteiger partial charge on any atom is -0.497 e. The van der Waals surface area contributed by atoms with Crippen LogP contribution in [0.5, 0.6) is 5.75 Å².